The number of aryl methyl sites for hydroxylation is 1. The van der Waals surface area contributed by atoms with Gasteiger partial charge in [-0.05, 0) is 25.0 Å². The third-order valence-corrected chi connectivity index (χ3v) is 3.91. The highest BCUT2D eigenvalue weighted by Gasteiger charge is 2.35. The van der Waals surface area contributed by atoms with Gasteiger partial charge in [0.1, 0.15) is 17.7 Å². The third-order valence-electron chi connectivity index (χ3n) is 3.91. The Hall–Kier alpha value is -2.72. The minimum atomic E-state index is -0.372. The second kappa shape index (κ2) is 6.58. The Bertz CT molecular complexity index is 749. The molecule has 0 radical (unpaired) electrons. The van der Waals surface area contributed by atoms with Crippen molar-refractivity contribution in [3.8, 4) is 6.07 Å². The van der Waals surface area contributed by atoms with Crippen LogP contribution in [0.2, 0.25) is 0 Å². The van der Waals surface area contributed by atoms with Gasteiger partial charge in [-0.1, -0.05) is 0 Å². The second-order valence-corrected chi connectivity index (χ2v) is 5.47. The van der Waals surface area contributed by atoms with Gasteiger partial charge in [-0.25, -0.2) is 9.97 Å². The van der Waals surface area contributed by atoms with Crippen molar-refractivity contribution in [1.82, 2.24) is 14.5 Å². The number of hydrogen-bond donors (Lipinski definition) is 1. The van der Waals surface area contributed by atoms with Gasteiger partial charge in [-0.15, -0.1) is 0 Å². The zero-order valence-electron chi connectivity index (χ0n) is 12.8. The van der Waals surface area contributed by atoms with Crippen molar-refractivity contribution in [3.63, 3.8) is 0 Å². The fraction of sp³-hybridized carbons (Fsp3) is 0.375. The Labute approximate surface area is 133 Å². The monoisotopic (exact) mass is 311 g/mol. The summed E-state index contributed by atoms with van der Waals surface area (Å²) in [6, 6.07) is 5.18. The van der Waals surface area contributed by atoms with Gasteiger partial charge in [-0.3, -0.25) is 4.79 Å². The van der Waals surface area contributed by atoms with Crippen molar-refractivity contribution >= 4 is 11.7 Å². The summed E-state index contributed by atoms with van der Waals surface area (Å²) in [7, 11) is 1.88. The quantitative estimate of drug-likeness (QED) is 0.933. The molecule has 3 heterocycles. The van der Waals surface area contributed by atoms with Gasteiger partial charge in [0.2, 0.25) is 5.91 Å². The lowest BCUT2D eigenvalue weighted by Crippen LogP contribution is -2.34. The highest BCUT2D eigenvalue weighted by atomic mass is 16.5. The van der Waals surface area contributed by atoms with Crippen LogP contribution in [0.25, 0.3) is 0 Å². The maximum Gasteiger partial charge on any atom is 0.231 e. The normalized spacial score (nSPS) is 20.7. The molecule has 1 amide bonds. The molecule has 0 unspecified atom stereocenters. The number of hydrogen-bond acceptors (Lipinski definition) is 5. The molecule has 118 valence electrons. The van der Waals surface area contributed by atoms with Gasteiger partial charge in [0.05, 0.1) is 17.6 Å². The van der Waals surface area contributed by atoms with Crippen molar-refractivity contribution in [2.45, 2.75) is 18.9 Å². The summed E-state index contributed by atoms with van der Waals surface area (Å²) in [5, 5.41) is 11.7. The SMILES string of the molecule is Cn1ccnc1[C@@H]1OCCC[C@H]1C(=O)Nc1cc(C#N)ccn1. The molecule has 1 saturated heterocycles. The Morgan fingerprint density at radius 3 is 3.09 bits per heavy atom. The molecule has 2 aromatic rings. The summed E-state index contributed by atoms with van der Waals surface area (Å²) >= 11 is 0. The molecule has 1 aliphatic rings. The van der Waals surface area contributed by atoms with Crippen molar-refractivity contribution in [1.29, 1.82) is 5.26 Å². The van der Waals surface area contributed by atoms with E-state index < -0.39 is 0 Å². The number of anilines is 1. The predicted molar refractivity (Wildman–Crippen MR) is 82.2 cm³/mol. The molecule has 0 aromatic carbocycles. The molecule has 1 aliphatic heterocycles. The Balaban J connectivity index is 1.79. The van der Waals surface area contributed by atoms with E-state index in [1.807, 2.05) is 23.9 Å². The third kappa shape index (κ3) is 3.22. The first-order valence-corrected chi connectivity index (χ1v) is 7.45. The summed E-state index contributed by atoms with van der Waals surface area (Å²) in [5.41, 5.74) is 0.454. The molecular formula is C16H17N5O2. The topological polar surface area (TPSA) is 92.8 Å². The van der Waals surface area contributed by atoms with Crippen molar-refractivity contribution in [2.24, 2.45) is 13.0 Å². The highest BCUT2D eigenvalue weighted by Crippen LogP contribution is 2.33. The molecule has 3 rings (SSSR count). The minimum Gasteiger partial charge on any atom is -0.369 e. The van der Waals surface area contributed by atoms with Gasteiger partial charge < -0.3 is 14.6 Å². The second-order valence-electron chi connectivity index (χ2n) is 5.47. The van der Waals surface area contributed by atoms with Crippen LogP contribution in [-0.2, 0) is 16.6 Å². The standard InChI is InChI=1S/C16H17N5O2/c1-21-7-6-19-15(21)14-12(3-2-8-23-14)16(22)20-13-9-11(10-17)4-5-18-13/h4-7,9,12,14H,2-3,8H2,1H3,(H,18,20,22)/t12-,14-/m1/s1. The van der Waals surface area contributed by atoms with E-state index in [9.17, 15) is 4.79 Å². The minimum absolute atomic E-state index is 0.166. The van der Waals surface area contributed by atoms with Crippen molar-refractivity contribution in [2.75, 3.05) is 11.9 Å². The van der Waals surface area contributed by atoms with Gasteiger partial charge in [-0.2, -0.15) is 5.26 Å². The van der Waals surface area contributed by atoms with E-state index in [1.165, 1.54) is 6.20 Å². The number of aromatic nitrogens is 3. The zero-order chi connectivity index (χ0) is 16.2. The zero-order valence-corrected chi connectivity index (χ0v) is 12.8. The summed E-state index contributed by atoms with van der Waals surface area (Å²) in [6.45, 7) is 0.615. The first-order chi connectivity index (χ1) is 11.2. The average Bonchev–Trinajstić information content (AvgIpc) is 3.01. The van der Waals surface area contributed by atoms with Gasteiger partial charge in [0.25, 0.3) is 0 Å². The van der Waals surface area contributed by atoms with E-state index in [0.29, 0.717) is 18.0 Å². The van der Waals surface area contributed by atoms with E-state index in [1.54, 1.807) is 18.3 Å². The molecule has 0 saturated carbocycles. The lowest BCUT2D eigenvalue weighted by molar-refractivity contribution is -0.130. The summed E-state index contributed by atoms with van der Waals surface area (Å²) in [6.07, 6.45) is 6.21. The lowest BCUT2D eigenvalue weighted by atomic mass is 9.92. The van der Waals surface area contributed by atoms with Gasteiger partial charge in [0.15, 0.2) is 0 Å². The van der Waals surface area contributed by atoms with Crippen LogP contribution in [0.4, 0.5) is 5.82 Å². The van der Waals surface area contributed by atoms with E-state index in [0.717, 1.165) is 18.7 Å². The highest BCUT2D eigenvalue weighted by molar-refractivity contribution is 5.92. The molecule has 0 aliphatic carbocycles. The number of nitriles is 1. The fourth-order valence-electron chi connectivity index (χ4n) is 2.74. The largest absolute Gasteiger partial charge is 0.369 e. The molecule has 7 nitrogen and oxygen atoms in total. The van der Waals surface area contributed by atoms with Crippen LogP contribution in [0.1, 0.15) is 30.3 Å². The molecule has 2 aromatic heterocycles. The first kappa shape index (κ1) is 15.2. The number of carbonyl (C=O) groups excluding carboxylic acids is 1. The van der Waals surface area contributed by atoms with Crippen molar-refractivity contribution in [3.05, 3.63) is 42.1 Å². The predicted octanol–water partition coefficient (Wildman–Crippen LogP) is 1.79. The number of pyridine rings is 1. The Morgan fingerprint density at radius 1 is 1.48 bits per heavy atom. The van der Waals surface area contributed by atoms with Crippen LogP contribution in [0.15, 0.2) is 30.7 Å². The van der Waals surface area contributed by atoms with Crippen LogP contribution < -0.4 is 5.32 Å². The van der Waals surface area contributed by atoms with Crippen LogP contribution in [0.3, 0.4) is 0 Å². The van der Waals surface area contributed by atoms with Crippen LogP contribution in [-0.4, -0.2) is 27.0 Å². The van der Waals surface area contributed by atoms with Crippen molar-refractivity contribution < 1.29 is 9.53 Å². The number of nitrogens with one attached hydrogen (secondary N) is 1. The summed E-state index contributed by atoms with van der Waals surface area (Å²) in [4.78, 5) is 21.0. The number of nitrogens with zero attached hydrogens (tertiary/aromatic N) is 4. The maximum atomic E-state index is 12.6. The molecular weight excluding hydrogens is 294 g/mol. The molecule has 7 heteroatoms. The van der Waals surface area contributed by atoms with Crippen LogP contribution in [0, 0.1) is 17.2 Å². The van der Waals surface area contributed by atoms with E-state index in [4.69, 9.17) is 10.00 Å². The molecule has 0 spiro atoms. The summed E-state index contributed by atoms with van der Waals surface area (Å²) < 4.78 is 7.67. The summed E-state index contributed by atoms with van der Waals surface area (Å²) in [5.74, 6) is 0.611. The number of carbonyl (C=O) groups is 1. The lowest BCUT2D eigenvalue weighted by Gasteiger charge is -2.30. The Morgan fingerprint density at radius 2 is 2.35 bits per heavy atom. The number of ether oxygens (including phenoxy) is 1. The molecule has 23 heavy (non-hydrogen) atoms. The molecule has 1 fully saturated rings. The fourth-order valence-corrected chi connectivity index (χ4v) is 2.74. The number of rotatable bonds is 3. The molecule has 2 atom stereocenters. The van der Waals surface area contributed by atoms with Gasteiger partial charge >= 0.3 is 0 Å². The molecule has 0 bridgehead atoms. The number of amides is 1. The molecule has 1 N–H and O–H groups in total. The Kier molecular flexibility index (Phi) is 4.35. The van der Waals surface area contributed by atoms with Gasteiger partial charge in [0, 0.05) is 32.2 Å². The van der Waals surface area contributed by atoms with Crippen LogP contribution in [0.5, 0.6) is 0 Å². The maximum absolute atomic E-state index is 12.6. The average molecular weight is 311 g/mol. The van der Waals surface area contributed by atoms with E-state index >= 15 is 0 Å². The number of imidazole rings is 1. The first-order valence-electron chi connectivity index (χ1n) is 7.45. The van der Waals surface area contributed by atoms with Crippen LogP contribution >= 0.6 is 0 Å². The smallest absolute Gasteiger partial charge is 0.231 e. The van der Waals surface area contributed by atoms with E-state index in [2.05, 4.69) is 15.3 Å². The van der Waals surface area contributed by atoms with E-state index in [-0.39, 0.29) is 17.9 Å².